The topological polar surface area (TPSA) is 35.0 Å². The fourth-order valence-electron chi connectivity index (χ4n) is 1.85. The lowest BCUT2D eigenvalue weighted by atomic mass is 10.1. The highest BCUT2D eigenvalue weighted by molar-refractivity contribution is 6.30. The SMILES string of the molecule is Cc1ccc(C)c(Oc2ncnc(Cl)c2C(C)C)c1. The minimum absolute atomic E-state index is 0.203. The van der Waals surface area contributed by atoms with Gasteiger partial charge in [-0.2, -0.15) is 0 Å². The van der Waals surface area contributed by atoms with E-state index in [1.54, 1.807) is 0 Å². The normalized spacial score (nSPS) is 10.8. The number of hydrogen-bond donors (Lipinski definition) is 0. The Labute approximate surface area is 118 Å². The van der Waals surface area contributed by atoms with Crippen LogP contribution in [0.1, 0.15) is 36.5 Å². The number of ether oxygens (including phenoxy) is 1. The molecule has 0 fully saturated rings. The Kier molecular flexibility index (Phi) is 4.05. The molecule has 0 aliphatic heterocycles. The monoisotopic (exact) mass is 276 g/mol. The van der Waals surface area contributed by atoms with Crippen molar-refractivity contribution in [2.45, 2.75) is 33.6 Å². The number of halogens is 1. The van der Waals surface area contributed by atoms with Gasteiger partial charge in [0.05, 0.1) is 5.56 Å². The van der Waals surface area contributed by atoms with E-state index in [0.717, 1.165) is 22.4 Å². The lowest BCUT2D eigenvalue weighted by molar-refractivity contribution is 0.447. The summed E-state index contributed by atoms with van der Waals surface area (Å²) in [6, 6.07) is 6.08. The smallest absolute Gasteiger partial charge is 0.227 e. The molecule has 0 unspecified atom stereocenters. The Bertz CT molecular complexity index is 597. The molecule has 2 rings (SSSR count). The van der Waals surface area contributed by atoms with E-state index in [2.05, 4.69) is 16.0 Å². The average molecular weight is 277 g/mol. The van der Waals surface area contributed by atoms with E-state index < -0.39 is 0 Å². The van der Waals surface area contributed by atoms with Crippen LogP contribution >= 0.6 is 11.6 Å². The minimum Gasteiger partial charge on any atom is -0.438 e. The summed E-state index contributed by atoms with van der Waals surface area (Å²) in [6.07, 6.45) is 1.43. The Hall–Kier alpha value is -1.61. The third-order valence-electron chi connectivity index (χ3n) is 2.93. The fourth-order valence-corrected chi connectivity index (χ4v) is 2.19. The van der Waals surface area contributed by atoms with Crippen molar-refractivity contribution in [3.05, 3.63) is 46.4 Å². The summed E-state index contributed by atoms with van der Waals surface area (Å²) >= 11 is 6.13. The molecule has 0 saturated heterocycles. The maximum atomic E-state index is 6.13. The Morgan fingerprint density at radius 1 is 1.16 bits per heavy atom. The van der Waals surface area contributed by atoms with E-state index in [1.807, 2.05) is 39.8 Å². The maximum absolute atomic E-state index is 6.13. The molecule has 4 heteroatoms. The predicted molar refractivity (Wildman–Crippen MR) is 77.1 cm³/mol. The van der Waals surface area contributed by atoms with Crippen LogP contribution in [0, 0.1) is 13.8 Å². The lowest BCUT2D eigenvalue weighted by Gasteiger charge is -2.14. The molecule has 1 aromatic heterocycles. The van der Waals surface area contributed by atoms with E-state index >= 15 is 0 Å². The fraction of sp³-hybridized carbons (Fsp3) is 0.333. The van der Waals surface area contributed by atoms with Gasteiger partial charge >= 0.3 is 0 Å². The van der Waals surface area contributed by atoms with Gasteiger partial charge in [-0.05, 0) is 37.0 Å². The van der Waals surface area contributed by atoms with Gasteiger partial charge in [0.2, 0.25) is 5.88 Å². The highest BCUT2D eigenvalue weighted by Crippen LogP contribution is 2.33. The van der Waals surface area contributed by atoms with Crippen LogP contribution in [-0.4, -0.2) is 9.97 Å². The molecule has 2 aromatic rings. The maximum Gasteiger partial charge on any atom is 0.227 e. The zero-order valence-electron chi connectivity index (χ0n) is 11.6. The molecule has 1 aromatic carbocycles. The van der Waals surface area contributed by atoms with Crippen LogP contribution in [0.5, 0.6) is 11.6 Å². The highest BCUT2D eigenvalue weighted by Gasteiger charge is 2.16. The van der Waals surface area contributed by atoms with Gasteiger partial charge < -0.3 is 4.74 Å². The molecule has 0 aliphatic rings. The van der Waals surface area contributed by atoms with Crippen molar-refractivity contribution >= 4 is 11.6 Å². The van der Waals surface area contributed by atoms with E-state index in [-0.39, 0.29) is 5.92 Å². The van der Waals surface area contributed by atoms with Crippen molar-refractivity contribution in [2.75, 3.05) is 0 Å². The van der Waals surface area contributed by atoms with Crippen LogP contribution in [0.25, 0.3) is 0 Å². The molecule has 0 atom stereocenters. The van der Waals surface area contributed by atoms with Crippen molar-refractivity contribution in [3.63, 3.8) is 0 Å². The van der Waals surface area contributed by atoms with Crippen LogP contribution < -0.4 is 4.74 Å². The molecule has 0 spiro atoms. The third kappa shape index (κ3) is 3.04. The quantitative estimate of drug-likeness (QED) is 0.765. The van der Waals surface area contributed by atoms with Gasteiger partial charge in [-0.1, -0.05) is 37.6 Å². The first-order chi connectivity index (χ1) is 8.99. The Morgan fingerprint density at radius 2 is 1.89 bits per heavy atom. The Morgan fingerprint density at radius 3 is 2.58 bits per heavy atom. The molecule has 19 heavy (non-hydrogen) atoms. The first-order valence-electron chi connectivity index (χ1n) is 6.24. The van der Waals surface area contributed by atoms with E-state index in [4.69, 9.17) is 16.3 Å². The molecule has 0 aliphatic carbocycles. The molecule has 0 bridgehead atoms. The second kappa shape index (κ2) is 5.57. The van der Waals surface area contributed by atoms with Crippen LogP contribution in [0.2, 0.25) is 5.15 Å². The van der Waals surface area contributed by atoms with Gasteiger partial charge in [-0.15, -0.1) is 0 Å². The average Bonchev–Trinajstić information content (AvgIpc) is 2.33. The molecule has 3 nitrogen and oxygen atoms in total. The number of nitrogens with zero attached hydrogens (tertiary/aromatic N) is 2. The summed E-state index contributed by atoms with van der Waals surface area (Å²) in [7, 11) is 0. The highest BCUT2D eigenvalue weighted by atomic mass is 35.5. The van der Waals surface area contributed by atoms with Crippen molar-refractivity contribution in [1.82, 2.24) is 9.97 Å². The largest absolute Gasteiger partial charge is 0.438 e. The number of hydrogen-bond acceptors (Lipinski definition) is 3. The first kappa shape index (κ1) is 13.8. The zero-order chi connectivity index (χ0) is 14.0. The second-order valence-corrected chi connectivity index (χ2v) is 5.27. The predicted octanol–water partition coefficient (Wildman–Crippen LogP) is 4.66. The third-order valence-corrected chi connectivity index (χ3v) is 3.23. The summed E-state index contributed by atoms with van der Waals surface area (Å²) in [5.41, 5.74) is 3.05. The molecular weight excluding hydrogens is 260 g/mol. The molecule has 0 amide bonds. The summed E-state index contributed by atoms with van der Waals surface area (Å²) in [4.78, 5) is 8.23. The minimum atomic E-state index is 0.203. The van der Waals surface area contributed by atoms with Crippen molar-refractivity contribution in [2.24, 2.45) is 0 Å². The first-order valence-corrected chi connectivity index (χ1v) is 6.62. The standard InChI is InChI=1S/C15H17ClN2O/c1-9(2)13-14(16)17-8-18-15(13)19-12-7-10(3)5-6-11(12)4/h5-9H,1-4H3. The van der Waals surface area contributed by atoms with Gasteiger partial charge in [0, 0.05) is 0 Å². The molecule has 1 heterocycles. The number of rotatable bonds is 3. The van der Waals surface area contributed by atoms with Crippen LogP contribution in [0.3, 0.4) is 0 Å². The number of benzene rings is 1. The van der Waals surface area contributed by atoms with E-state index in [9.17, 15) is 0 Å². The van der Waals surface area contributed by atoms with E-state index in [1.165, 1.54) is 6.33 Å². The summed E-state index contributed by atoms with van der Waals surface area (Å²) in [5.74, 6) is 1.54. The van der Waals surface area contributed by atoms with Gasteiger partial charge in [-0.25, -0.2) is 9.97 Å². The second-order valence-electron chi connectivity index (χ2n) is 4.91. The van der Waals surface area contributed by atoms with Gasteiger partial charge in [0.15, 0.2) is 0 Å². The van der Waals surface area contributed by atoms with Crippen molar-refractivity contribution in [1.29, 1.82) is 0 Å². The van der Waals surface area contributed by atoms with Crippen molar-refractivity contribution in [3.8, 4) is 11.6 Å². The van der Waals surface area contributed by atoms with Gasteiger partial charge in [0.25, 0.3) is 0 Å². The zero-order valence-corrected chi connectivity index (χ0v) is 12.3. The molecular formula is C15H17ClN2O. The number of aryl methyl sites for hydroxylation is 2. The summed E-state index contributed by atoms with van der Waals surface area (Å²) in [5, 5.41) is 0.449. The molecule has 0 radical (unpaired) electrons. The molecule has 0 saturated carbocycles. The van der Waals surface area contributed by atoms with Gasteiger partial charge in [0.1, 0.15) is 17.2 Å². The van der Waals surface area contributed by atoms with Crippen LogP contribution in [0.4, 0.5) is 0 Å². The van der Waals surface area contributed by atoms with Crippen molar-refractivity contribution < 1.29 is 4.74 Å². The lowest BCUT2D eigenvalue weighted by Crippen LogP contribution is -2.00. The molecule has 100 valence electrons. The van der Waals surface area contributed by atoms with Gasteiger partial charge in [-0.3, -0.25) is 0 Å². The number of aromatic nitrogens is 2. The van der Waals surface area contributed by atoms with E-state index in [0.29, 0.717) is 11.0 Å². The Balaban J connectivity index is 2.44. The summed E-state index contributed by atoms with van der Waals surface area (Å²) in [6.45, 7) is 8.12. The molecule has 0 N–H and O–H groups in total. The summed E-state index contributed by atoms with van der Waals surface area (Å²) < 4.78 is 5.93. The van der Waals surface area contributed by atoms with Crippen LogP contribution in [0.15, 0.2) is 24.5 Å². The van der Waals surface area contributed by atoms with Crippen LogP contribution in [-0.2, 0) is 0 Å².